The van der Waals surface area contributed by atoms with E-state index in [1.165, 1.54) is 12.1 Å². The molecule has 1 fully saturated rings. The summed E-state index contributed by atoms with van der Waals surface area (Å²) in [6.07, 6.45) is 1.13. The van der Waals surface area contributed by atoms with Gasteiger partial charge in [-0.3, -0.25) is 14.5 Å². The van der Waals surface area contributed by atoms with Gasteiger partial charge in [-0.05, 0) is 44.1 Å². The van der Waals surface area contributed by atoms with Gasteiger partial charge in [0.25, 0.3) is 6.47 Å². The summed E-state index contributed by atoms with van der Waals surface area (Å²) < 4.78 is 18.8. The molecule has 1 aromatic carbocycles. The molecule has 0 aromatic heterocycles. The predicted molar refractivity (Wildman–Crippen MR) is 103 cm³/mol. The van der Waals surface area contributed by atoms with Crippen LogP contribution >= 0.6 is 11.6 Å². The lowest BCUT2D eigenvalue weighted by atomic mass is 10.1. The zero-order valence-electron chi connectivity index (χ0n) is 15.7. The number of likely N-dealkylation sites (tertiary alicyclic amines) is 1. The highest BCUT2D eigenvalue weighted by molar-refractivity contribution is 6.30. The largest absolute Gasteiger partial charge is 0.483 e. The lowest BCUT2D eigenvalue weighted by molar-refractivity contribution is -0.123. The normalized spacial score (nSPS) is 16.7. The molecule has 1 saturated heterocycles. The molecule has 1 atom stereocenters. The Labute approximate surface area is 164 Å². The number of benzene rings is 1. The van der Waals surface area contributed by atoms with E-state index in [0.717, 1.165) is 39.2 Å². The fourth-order valence-corrected chi connectivity index (χ4v) is 3.18. The van der Waals surface area contributed by atoms with Crippen LogP contribution < -0.4 is 5.32 Å². The van der Waals surface area contributed by atoms with Crippen molar-refractivity contribution in [3.05, 3.63) is 29.0 Å². The summed E-state index contributed by atoms with van der Waals surface area (Å²) in [4.78, 5) is 24.8. The third-order valence-corrected chi connectivity index (χ3v) is 4.41. The van der Waals surface area contributed by atoms with Crippen LogP contribution in [0.4, 0.5) is 10.1 Å². The first-order valence-electron chi connectivity index (χ1n) is 8.62. The van der Waals surface area contributed by atoms with Gasteiger partial charge in [0.15, 0.2) is 0 Å². The minimum Gasteiger partial charge on any atom is -0.483 e. The summed E-state index contributed by atoms with van der Waals surface area (Å²) >= 11 is 5.70. The second-order valence-electron chi connectivity index (χ2n) is 6.42. The van der Waals surface area contributed by atoms with Gasteiger partial charge >= 0.3 is 0 Å². The van der Waals surface area contributed by atoms with Gasteiger partial charge in [0.05, 0.1) is 18.8 Å². The smallest absolute Gasteiger partial charge is 0.290 e. The van der Waals surface area contributed by atoms with Crippen molar-refractivity contribution >= 4 is 29.7 Å². The van der Waals surface area contributed by atoms with Gasteiger partial charge in [0.2, 0.25) is 5.91 Å². The summed E-state index contributed by atoms with van der Waals surface area (Å²) in [5.74, 6) is -0.206. The van der Waals surface area contributed by atoms with Crippen LogP contribution in [0.2, 0.25) is 5.02 Å². The van der Waals surface area contributed by atoms with Crippen LogP contribution in [0.3, 0.4) is 0 Å². The number of ether oxygens (including phenoxy) is 1. The van der Waals surface area contributed by atoms with Crippen molar-refractivity contribution in [2.75, 3.05) is 58.8 Å². The number of anilines is 1. The Hall–Kier alpha value is -1.74. The Morgan fingerprint density at radius 1 is 1.56 bits per heavy atom. The van der Waals surface area contributed by atoms with Crippen molar-refractivity contribution in [2.45, 2.75) is 6.42 Å². The summed E-state index contributed by atoms with van der Waals surface area (Å²) in [7, 11) is 3.62. The molecule has 1 heterocycles. The molecule has 1 aliphatic heterocycles. The van der Waals surface area contributed by atoms with E-state index in [1.54, 1.807) is 13.2 Å². The first-order chi connectivity index (χ1) is 12.9. The van der Waals surface area contributed by atoms with Crippen LogP contribution in [0.5, 0.6) is 0 Å². The quantitative estimate of drug-likeness (QED) is 0.646. The Balaban J connectivity index is 0.00000114. The molecule has 0 bridgehead atoms. The molecule has 7 nitrogen and oxygen atoms in total. The number of nitrogens with zero attached hydrogens (tertiary/aromatic N) is 2. The number of carboxylic acid groups (broad SMARTS) is 1. The van der Waals surface area contributed by atoms with E-state index in [-0.39, 0.29) is 24.6 Å². The van der Waals surface area contributed by atoms with Crippen molar-refractivity contribution in [1.82, 2.24) is 9.80 Å². The number of nitrogens with one attached hydrogen (secondary N) is 1. The summed E-state index contributed by atoms with van der Waals surface area (Å²) in [6, 6.07) is 4.21. The molecule has 0 radical (unpaired) electrons. The van der Waals surface area contributed by atoms with Crippen LogP contribution in [-0.4, -0.2) is 80.8 Å². The number of hydrogen-bond acceptors (Lipinski definition) is 5. The lowest BCUT2D eigenvalue weighted by Crippen LogP contribution is -2.35. The van der Waals surface area contributed by atoms with Crippen LogP contribution in [0, 0.1) is 11.7 Å². The maximum Gasteiger partial charge on any atom is 0.290 e. The van der Waals surface area contributed by atoms with E-state index in [4.69, 9.17) is 26.2 Å². The van der Waals surface area contributed by atoms with E-state index in [0.29, 0.717) is 10.9 Å². The number of methoxy groups -OCH3 is 1. The maximum atomic E-state index is 13.7. The standard InChI is InChI=1S/C17H25ClFN3O2.CH2O2/c1-21(10-13-5-6-22(11-13)7-8-24-2)12-17(23)20-16-4-3-14(18)9-15(16)19;2-1-3/h3-4,9,13H,5-8,10-12H2,1-2H3,(H,20,23);1H,(H,2,3). The van der Waals surface area contributed by atoms with Crippen LogP contribution in [0.25, 0.3) is 0 Å². The SMILES string of the molecule is COCCN1CCC(CN(C)CC(=O)Nc2ccc(Cl)cc2F)C1.O=CO. The number of carbonyl (C=O) groups excluding carboxylic acids is 1. The topological polar surface area (TPSA) is 82.1 Å². The Bertz CT molecular complexity index is 606. The lowest BCUT2D eigenvalue weighted by Gasteiger charge is -2.21. The molecule has 1 unspecified atom stereocenters. The number of halogens is 2. The average molecular weight is 404 g/mol. The van der Waals surface area contributed by atoms with Gasteiger partial charge in [-0.15, -0.1) is 0 Å². The van der Waals surface area contributed by atoms with Crippen molar-refractivity contribution < 1.29 is 23.8 Å². The van der Waals surface area contributed by atoms with Gasteiger partial charge < -0.3 is 20.1 Å². The van der Waals surface area contributed by atoms with E-state index < -0.39 is 5.82 Å². The third-order valence-electron chi connectivity index (χ3n) is 4.17. The van der Waals surface area contributed by atoms with Gasteiger partial charge in [-0.25, -0.2) is 4.39 Å². The van der Waals surface area contributed by atoms with E-state index in [1.807, 2.05) is 11.9 Å². The molecule has 1 amide bonds. The maximum absolute atomic E-state index is 13.7. The first-order valence-corrected chi connectivity index (χ1v) is 9.00. The zero-order chi connectivity index (χ0) is 20.2. The molecule has 27 heavy (non-hydrogen) atoms. The Morgan fingerprint density at radius 3 is 2.89 bits per heavy atom. The molecule has 0 aliphatic carbocycles. The van der Waals surface area contributed by atoms with Crippen LogP contribution in [0.15, 0.2) is 18.2 Å². The molecule has 152 valence electrons. The molecule has 2 rings (SSSR count). The predicted octanol–water partition coefficient (Wildman–Crippen LogP) is 2.02. The molecule has 1 aliphatic rings. The average Bonchev–Trinajstić information content (AvgIpc) is 3.03. The molecule has 9 heteroatoms. The van der Waals surface area contributed by atoms with Gasteiger partial charge in [-0.2, -0.15) is 0 Å². The van der Waals surface area contributed by atoms with Crippen LogP contribution in [0.1, 0.15) is 6.42 Å². The molecule has 0 spiro atoms. The monoisotopic (exact) mass is 403 g/mol. The summed E-state index contributed by atoms with van der Waals surface area (Å²) in [6.45, 7) is 4.63. The minimum absolute atomic E-state index is 0.157. The molecular formula is C18H27ClFN3O4. The molecule has 2 N–H and O–H groups in total. The number of likely N-dealkylation sites (N-methyl/N-ethyl adjacent to an activating group) is 1. The van der Waals surface area contributed by atoms with Crippen LogP contribution in [-0.2, 0) is 14.3 Å². The van der Waals surface area contributed by atoms with Crippen molar-refractivity contribution in [1.29, 1.82) is 0 Å². The Morgan fingerprint density at radius 2 is 2.26 bits per heavy atom. The number of rotatable bonds is 8. The Kier molecular flexibility index (Phi) is 10.9. The fraction of sp³-hybridized carbons (Fsp3) is 0.556. The van der Waals surface area contributed by atoms with E-state index in [2.05, 4.69) is 10.2 Å². The van der Waals surface area contributed by atoms with Crippen molar-refractivity contribution in [3.8, 4) is 0 Å². The second kappa shape index (κ2) is 12.6. The number of hydrogen-bond donors (Lipinski definition) is 2. The third kappa shape index (κ3) is 9.14. The summed E-state index contributed by atoms with van der Waals surface area (Å²) in [5, 5.41) is 9.78. The van der Waals surface area contributed by atoms with E-state index in [9.17, 15) is 9.18 Å². The van der Waals surface area contributed by atoms with E-state index >= 15 is 0 Å². The highest BCUT2D eigenvalue weighted by Gasteiger charge is 2.23. The molecule has 1 aromatic rings. The fourth-order valence-electron chi connectivity index (χ4n) is 3.02. The van der Waals surface area contributed by atoms with Crippen molar-refractivity contribution in [2.24, 2.45) is 5.92 Å². The minimum atomic E-state index is -0.525. The van der Waals surface area contributed by atoms with Gasteiger partial charge in [0, 0.05) is 31.8 Å². The molecular weight excluding hydrogens is 377 g/mol. The zero-order valence-corrected chi connectivity index (χ0v) is 16.4. The second-order valence-corrected chi connectivity index (χ2v) is 6.86. The highest BCUT2D eigenvalue weighted by atomic mass is 35.5. The van der Waals surface area contributed by atoms with Crippen molar-refractivity contribution in [3.63, 3.8) is 0 Å². The highest BCUT2D eigenvalue weighted by Crippen LogP contribution is 2.19. The van der Waals surface area contributed by atoms with Gasteiger partial charge in [0.1, 0.15) is 5.82 Å². The molecule has 0 saturated carbocycles. The number of carbonyl (C=O) groups is 2. The summed E-state index contributed by atoms with van der Waals surface area (Å²) in [5.41, 5.74) is 0.157. The first kappa shape index (κ1) is 23.3. The number of amides is 1. The van der Waals surface area contributed by atoms with Gasteiger partial charge in [-0.1, -0.05) is 11.6 Å².